The molecule has 2 aromatic carbocycles. The summed E-state index contributed by atoms with van der Waals surface area (Å²) in [6, 6.07) is 11.1. The fourth-order valence-corrected chi connectivity index (χ4v) is 3.65. The van der Waals surface area contributed by atoms with Crippen molar-refractivity contribution in [2.24, 2.45) is 7.05 Å². The summed E-state index contributed by atoms with van der Waals surface area (Å²) in [7, 11) is 1.74. The Morgan fingerprint density at radius 3 is 2.36 bits per heavy atom. The lowest BCUT2D eigenvalue weighted by Crippen LogP contribution is -2.28. The van der Waals surface area contributed by atoms with Crippen LogP contribution in [0.5, 0.6) is 0 Å². The van der Waals surface area contributed by atoms with E-state index < -0.39 is 29.6 Å². The smallest absolute Gasteiger partial charge is 0.415 e. The van der Waals surface area contributed by atoms with Crippen LogP contribution in [0.1, 0.15) is 25.3 Å². The Kier molecular flexibility index (Phi) is 8.54. The van der Waals surface area contributed by atoms with Crippen molar-refractivity contribution in [2.75, 3.05) is 16.0 Å². The number of aryl methyl sites for hydroxylation is 1. The van der Waals surface area contributed by atoms with Gasteiger partial charge in [-0.05, 0) is 35.2 Å². The van der Waals surface area contributed by atoms with E-state index in [4.69, 9.17) is 0 Å². The SMILES string of the molecule is C=C(OC(=O)C(F)(F)F)C(=O)Nc1ccc(F)c(Nc2nc(Nc3cnn(C)c3)ncc2-c2ccc(C(C)C)cc2)c1. The van der Waals surface area contributed by atoms with E-state index in [9.17, 15) is 27.2 Å². The maximum atomic E-state index is 14.9. The zero-order valence-corrected chi connectivity index (χ0v) is 22.6. The highest BCUT2D eigenvalue weighted by molar-refractivity contribution is 6.03. The minimum Gasteiger partial charge on any atom is -0.415 e. The molecule has 0 aliphatic carbocycles. The number of alkyl halides is 3. The average molecular weight is 584 g/mol. The second-order valence-corrected chi connectivity index (χ2v) is 9.34. The van der Waals surface area contributed by atoms with Crippen LogP contribution >= 0.6 is 0 Å². The lowest BCUT2D eigenvalue weighted by Gasteiger charge is -2.15. The van der Waals surface area contributed by atoms with Gasteiger partial charge < -0.3 is 20.7 Å². The van der Waals surface area contributed by atoms with Crippen LogP contribution in [0, 0.1) is 5.82 Å². The molecule has 0 spiro atoms. The number of nitrogens with zero attached hydrogens (tertiary/aromatic N) is 4. The normalized spacial score (nSPS) is 11.2. The van der Waals surface area contributed by atoms with Gasteiger partial charge in [0.2, 0.25) is 5.95 Å². The first-order valence-electron chi connectivity index (χ1n) is 12.4. The van der Waals surface area contributed by atoms with Gasteiger partial charge in [0.15, 0.2) is 5.76 Å². The molecule has 1 amide bonds. The zero-order chi connectivity index (χ0) is 30.6. The van der Waals surface area contributed by atoms with Crippen LogP contribution in [0.2, 0.25) is 0 Å². The summed E-state index contributed by atoms with van der Waals surface area (Å²) in [6.07, 6.45) is -0.479. The van der Waals surface area contributed by atoms with Crippen molar-refractivity contribution in [3.8, 4) is 11.1 Å². The van der Waals surface area contributed by atoms with Crippen LogP contribution in [0.15, 0.2) is 73.4 Å². The maximum absolute atomic E-state index is 14.9. The molecule has 3 N–H and O–H groups in total. The van der Waals surface area contributed by atoms with Gasteiger partial charge in [0.25, 0.3) is 5.91 Å². The summed E-state index contributed by atoms with van der Waals surface area (Å²) in [6.45, 7) is 7.17. The molecular formula is C28H25F4N7O3. The van der Waals surface area contributed by atoms with Crippen molar-refractivity contribution in [1.82, 2.24) is 19.7 Å². The van der Waals surface area contributed by atoms with Crippen LogP contribution in [-0.4, -0.2) is 37.8 Å². The van der Waals surface area contributed by atoms with Crippen molar-refractivity contribution in [3.63, 3.8) is 0 Å². The van der Waals surface area contributed by atoms with E-state index in [0.717, 1.165) is 23.3 Å². The van der Waals surface area contributed by atoms with E-state index >= 15 is 0 Å². The van der Waals surface area contributed by atoms with Crippen molar-refractivity contribution in [1.29, 1.82) is 0 Å². The van der Waals surface area contributed by atoms with Gasteiger partial charge in [-0.25, -0.2) is 14.2 Å². The Hall–Kier alpha value is -5.27. The second-order valence-electron chi connectivity index (χ2n) is 9.34. The van der Waals surface area contributed by atoms with E-state index in [1.807, 2.05) is 24.3 Å². The third-order valence-corrected chi connectivity index (χ3v) is 5.82. The highest BCUT2D eigenvalue weighted by Gasteiger charge is 2.42. The number of hydrogen-bond donors (Lipinski definition) is 3. The predicted octanol–water partition coefficient (Wildman–Crippen LogP) is 6.18. The van der Waals surface area contributed by atoms with Gasteiger partial charge in [0.1, 0.15) is 11.6 Å². The Labute approximate surface area is 237 Å². The van der Waals surface area contributed by atoms with Crippen molar-refractivity contribution < 1.29 is 31.9 Å². The number of anilines is 5. The molecule has 0 atom stereocenters. The number of amides is 1. The predicted molar refractivity (Wildman–Crippen MR) is 148 cm³/mol. The highest BCUT2D eigenvalue weighted by Crippen LogP contribution is 2.32. The number of carbonyl (C=O) groups is 2. The molecule has 0 aliphatic heterocycles. The Morgan fingerprint density at radius 1 is 1.02 bits per heavy atom. The number of hydrogen-bond acceptors (Lipinski definition) is 8. The fraction of sp³-hybridized carbons (Fsp3) is 0.179. The van der Waals surface area contributed by atoms with Gasteiger partial charge in [0, 0.05) is 30.7 Å². The molecule has 42 heavy (non-hydrogen) atoms. The van der Waals surface area contributed by atoms with Crippen LogP contribution in [0.3, 0.4) is 0 Å². The monoisotopic (exact) mass is 583 g/mol. The van der Waals surface area contributed by atoms with Gasteiger partial charge in [0.05, 0.1) is 17.6 Å². The molecule has 4 rings (SSSR count). The molecule has 0 saturated heterocycles. The first-order chi connectivity index (χ1) is 19.8. The Bertz CT molecular complexity index is 1630. The molecule has 10 nitrogen and oxygen atoms in total. The topological polar surface area (TPSA) is 123 Å². The molecule has 2 heterocycles. The number of halogens is 4. The Morgan fingerprint density at radius 2 is 1.74 bits per heavy atom. The molecule has 4 aromatic rings. The van der Waals surface area contributed by atoms with Crippen molar-refractivity contribution >= 4 is 40.7 Å². The summed E-state index contributed by atoms with van der Waals surface area (Å²) >= 11 is 0. The molecule has 2 aromatic heterocycles. The largest absolute Gasteiger partial charge is 0.491 e. The minimum absolute atomic E-state index is 0.0290. The van der Waals surface area contributed by atoms with Crippen LogP contribution in [0.25, 0.3) is 11.1 Å². The Balaban J connectivity index is 1.63. The number of nitrogens with one attached hydrogen (secondary N) is 3. The number of benzene rings is 2. The number of rotatable bonds is 9. The third-order valence-electron chi connectivity index (χ3n) is 5.82. The summed E-state index contributed by atoms with van der Waals surface area (Å²) in [4.78, 5) is 32.2. The second kappa shape index (κ2) is 12.1. The van der Waals surface area contributed by atoms with Gasteiger partial charge in [-0.3, -0.25) is 9.48 Å². The van der Waals surface area contributed by atoms with Crippen LogP contribution in [0.4, 0.5) is 46.4 Å². The maximum Gasteiger partial charge on any atom is 0.491 e. The quantitative estimate of drug-likeness (QED) is 0.0924. The molecule has 0 unspecified atom stereocenters. The molecule has 0 saturated carbocycles. The number of aromatic nitrogens is 4. The standard InChI is InChI=1S/C28H25F4N7O3/c1-15(2)17-5-7-18(8-6-17)21-13-33-27(36-20-12-34-39(4)14-20)38-24(21)37-23-11-19(9-10-22(23)29)35-25(40)16(3)42-26(41)28(30,31)32/h5-15H,3H2,1-2,4H3,(H,35,40)(H2,33,36,37,38). The van der Waals surface area contributed by atoms with E-state index in [-0.39, 0.29) is 23.1 Å². The summed E-state index contributed by atoms with van der Waals surface area (Å²) in [5.74, 6) is -4.96. The van der Waals surface area contributed by atoms with Gasteiger partial charge in [-0.1, -0.05) is 44.7 Å². The van der Waals surface area contributed by atoms with Gasteiger partial charge in [-0.15, -0.1) is 0 Å². The molecule has 0 radical (unpaired) electrons. The number of ether oxygens (including phenoxy) is 1. The van der Waals surface area contributed by atoms with Gasteiger partial charge >= 0.3 is 12.1 Å². The van der Waals surface area contributed by atoms with Crippen LogP contribution < -0.4 is 16.0 Å². The van der Waals surface area contributed by atoms with E-state index in [1.54, 1.807) is 30.3 Å². The number of carbonyl (C=O) groups excluding carboxylic acids is 2. The summed E-state index contributed by atoms with van der Waals surface area (Å²) in [5.41, 5.74) is 2.84. The minimum atomic E-state index is -5.31. The molecule has 0 fully saturated rings. The number of esters is 1. The summed E-state index contributed by atoms with van der Waals surface area (Å²) < 4.78 is 57.8. The molecule has 0 bridgehead atoms. The first kappa shape index (κ1) is 29.7. The van der Waals surface area contributed by atoms with E-state index in [1.165, 1.54) is 6.07 Å². The zero-order valence-electron chi connectivity index (χ0n) is 22.6. The molecule has 0 aliphatic rings. The first-order valence-corrected chi connectivity index (χ1v) is 12.4. The van der Waals surface area contributed by atoms with Crippen molar-refractivity contribution in [2.45, 2.75) is 25.9 Å². The van der Waals surface area contributed by atoms with E-state index in [2.05, 4.69) is 56.2 Å². The molecular weight excluding hydrogens is 558 g/mol. The van der Waals surface area contributed by atoms with Crippen LogP contribution in [-0.2, 0) is 21.4 Å². The summed E-state index contributed by atoms with van der Waals surface area (Å²) in [5, 5.41) is 12.2. The lowest BCUT2D eigenvalue weighted by atomic mass is 9.99. The fourth-order valence-electron chi connectivity index (χ4n) is 3.65. The average Bonchev–Trinajstić information content (AvgIpc) is 3.34. The van der Waals surface area contributed by atoms with Gasteiger partial charge in [-0.2, -0.15) is 23.3 Å². The van der Waals surface area contributed by atoms with E-state index in [0.29, 0.717) is 17.2 Å². The lowest BCUT2D eigenvalue weighted by molar-refractivity contribution is -0.195. The third kappa shape index (κ3) is 7.27. The highest BCUT2D eigenvalue weighted by atomic mass is 19.4. The molecule has 14 heteroatoms. The molecule has 218 valence electrons. The van der Waals surface area contributed by atoms with Crippen molar-refractivity contribution in [3.05, 3.63) is 84.8 Å².